The smallest absolute Gasteiger partial charge is 0.303 e. The summed E-state index contributed by atoms with van der Waals surface area (Å²) < 4.78 is 0. The Kier molecular flexibility index (Phi) is 6.74. The molecule has 0 amide bonds. The van der Waals surface area contributed by atoms with E-state index in [2.05, 4.69) is 13.8 Å². The summed E-state index contributed by atoms with van der Waals surface area (Å²) in [6, 6.07) is 0. The van der Waals surface area contributed by atoms with Crippen molar-refractivity contribution in [3.05, 3.63) is 11.1 Å². The molecule has 3 heteroatoms. The summed E-state index contributed by atoms with van der Waals surface area (Å²) >= 11 is 0. The third kappa shape index (κ3) is 5.28. The number of allylic oxidation sites excluding steroid dienone is 2. The quantitative estimate of drug-likeness (QED) is 0.783. The van der Waals surface area contributed by atoms with E-state index in [1.54, 1.807) is 11.1 Å². The average molecular weight is 281 g/mol. The Hall–Kier alpha value is -0.830. The number of hydrogen-bond donors (Lipinski definition) is 1. The largest absolute Gasteiger partial charge is 0.481 e. The number of carboxylic acids is 1. The van der Waals surface area contributed by atoms with Crippen LogP contribution in [0.3, 0.4) is 0 Å². The van der Waals surface area contributed by atoms with E-state index in [0.29, 0.717) is 18.3 Å². The van der Waals surface area contributed by atoms with Crippen molar-refractivity contribution in [2.75, 3.05) is 21.1 Å². The maximum Gasteiger partial charge on any atom is 0.303 e. The van der Waals surface area contributed by atoms with E-state index in [4.69, 9.17) is 5.11 Å². The normalized spacial score (nSPS) is 29.6. The lowest BCUT2D eigenvalue weighted by Gasteiger charge is -2.20. The molecule has 0 aliphatic heterocycles. The second-order valence-corrected chi connectivity index (χ2v) is 7.01. The summed E-state index contributed by atoms with van der Waals surface area (Å²) in [4.78, 5) is 12.8. The molecule has 1 fully saturated rings. The highest BCUT2D eigenvalue weighted by atomic mass is 16.4. The lowest BCUT2D eigenvalue weighted by atomic mass is 9.84. The first-order valence-electron chi connectivity index (χ1n) is 7.82. The van der Waals surface area contributed by atoms with Gasteiger partial charge in [0.1, 0.15) is 0 Å². The molecule has 20 heavy (non-hydrogen) atoms. The van der Waals surface area contributed by atoms with Gasteiger partial charge in [-0.3, -0.25) is 4.79 Å². The zero-order valence-electron chi connectivity index (χ0n) is 13.8. The summed E-state index contributed by atoms with van der Waals surface area (Å²) in [7, 11) is 6.00. The topological polar surface area (TPSA) is 40.5 Å². The summed E-state index contributed by atoms with van der Waals surface area (Å²) in [6.45, 7) is 4.58. The molecule has 2 rings (SSSR count). The minimum Gasteiger partial charge on any atom is -0.481 e. The van der Waals surface area contributed by atoms with Crippen LogP contribution in [0.25, 0.3) is 0 Å². The summed E-state index contributed by atoms with van der Waals surface area (Å²) in [6.07, 6.45) is 6.24. The van der Waals surface area contributed by atoms with Gasteiger partial charge in [0, 0.05) is 6.42 Å². The molecule has 2 unspecified atom stereocenters. The molecular formula is C17H31NO2. The molecule has 116 valence electrons. The van der Waals surface area contributed by atoms with Crippen molar-refractivity contribution in [2.24, 2.45) is 17.8 Å². The zero-order chi connectivity index (χ0) is 15.3. The predicted octanol–water partition coefficient (Wildman–Crippen LogP) is 3.80. The Bertz CT molecular complexity index is 357. The van der Waals surface area contributed by atoms with Crippen molar-refractivity contribution in [3.63, 3.8) is 0 Å². The minimum atomic E-state index is -0.628. The van der Waals surface area contributed by atoms with Crippen LogP contribution in [0.1, 0.15) is 52.4 Å². The second-order valence-electron chi connectivity index (χ2n) is 7.01. The van der Waals surface area contributed by atoms with Crippen LogP contribution in [0, 0.1) is 17.8 Å². The van der Waals surface area contributed by atoms with Crippen LogP contribution >= 0.6 is 0 Å². The Labute approximate surface area is 124 Å². The number of carboxylic acid groups (broad SMARTS) is 1. The molecule has 1 N–H and O–H groups in total. The first-order valence-corrected chi connectivity index (χ1v) is 7.82. The van der Waals surface area contributed by atoms with Crippen molar-refractivity contribution in [1.82, 2.24) is 4.90 Å². The molecule has 0 saturated heterocycles. The number of carbonyl (C=O) groups is 1. The zero-order valence-corrected chi connectivity index (χ0v) is 13.8. The van der Waals surface area contributed by atoms with E-state index in [9.17, 15) is 4.79 Å². The van der Waals surface area contributed by atoms with Crippen molar-refractivity contribution in [3.8, 4) is 0 Å². The number of rotatable bonds is 2. The highest BCUT2D eigenvalue weighted by Crippen LogP contribution is 2.45. The fourth-order valence-electron chi connectivity index (χ4n) is 3.51. The maximum absolute atomic E-state index is 10.8. The number of fused-ring (bicyclic) bond motifs is 1. The maximum atomic E-state index is 10.8. The molecule has 0 spiro atoms. The minimum absolute atomic E-state index is 0.365. The standard InChI is InChI=1S/C14H22O2.C3H9N/c1-9-3-5-11(8-14(15)16)7-13-10(2)4-6-12(9)13;1-4(2)3/h10-11,13H,3-8H2,1-2H3,(H,15,16);1-3H3/t10?,11-,13?;/m1./s1. The summed E-state index contributed by atoms with van der Waals surface area (Å²) in [5.41, 5.74) is 3.22. The Morgan fingerprint density at radius 1 is 1.25 bits per heavy atom. The van der Waals surface area contributed by atoms with Crippen molar-refractivity contribution < 1.29 is 9.90 Å². The van der Waals surface area contributed by atoms with Gasteiger partial charge in [0.2, 0.25) is 0 Å². The number of hydrogen-bond acceptors (Lipinski definition) is 2. The van der Waals surface area contributed by atoms with Gasteiger partial charge in [0.25, 0.3) is 0 Å². The molecule has 1 saturated carbocycles. The first-order chi connectivity index (χ1) is 9.31. The van der Waals surface area contributed by atoms with Crippen LogP contribution in [0.5, 0.6) is 0 Å². The van der Waals surface area contributed by atoms with Crippen molar-refractivity contribution in [1.29, 1.82) is 0 Å². The van der Waals surface area contributed by atoms with Gasteiger partial charge in [0.15, 0.2) is 0 Å². The van der Waals surface area contributed by atoms with Crippen LogP contribution in [-0.2, 0) is 4.79 Å². The average Bonchev–Trinajstić information content (AvgIpc) is 2.58. The third-order valence-corrected chi connectivity index (χ3v) is 4.53. The molecule has 3 atom stereocenters. The molecular weight excluding hydrogens is 250 g/mol. The summed E-state index contributed by atoms with van der Waals surface area (Å²) in [5.74, 6) is 1.22. The van der Waals surface area contributed by atoms with Crippen molar-refractivity contribution >= 4 is 5.97 Å². The van der Waals surface area contributed by atoms with Gasteiger partial charge in [-0.15, -0.1) is 0 Å². The molecule has 2 aliphatic rings. The van der Waals surface area contributed by atoms with Gasteiger partial charge in [-0.05, 0) is 77.9 Å². The van der Waals surface area contributed by atoms with E-state index in [-0.39, 0.29) is 0 Å². The summed E-state index contributed by atoms with van der Waals surface area (Å²) in [5, 5.41) is 8.92. The molecule has 0 bridgehead atoms. The van der Waals surface area contributed by atoms with E-state index in [1.807, 2.05) is 26.0 Å². The SMILES string of the molecule is CC1=C2CCC(C)C2C[C@H](CC(=O)O)CC1.CN(C)C. The fourth-order valence-corrected chi connectivity index (χ4v) is 3.51. The monoisotopic (exact) mass is 281 g/mol. The van der Waals surface area contributed by atoms with Crippen LogP contribution in [-0.4, -0.2) is 37.1 Å². The predicted molar refractivity (Wildman–Crippen MR) is 83.8 cm³/mol. The molecule has 0 aromatic rings. The number of nitrogens with zero attached hydrogens (tertiary/aromatic N) is 1. The molecule has 0 aromatic carbocycles. The highest BCUT2D eigenvalue weighted by molar-refractivity contribution is 5.67. The third-order valence-electron chi connectivity index (χ3n) is 4.53. The van der Waals surface area contributed by atoms with Gasteiger partial charge in [-0.2, -0.15) is 0 Å². The van der Waals surface area contributed by atoms with Crippen LogP contribution < -0.4 is 0 Å². The second kappa shape index (κ2) is 7.82. The number of aliphatic carboxylic acids is 1. The Balaban J connectivity index is 0.000000444. The lowest BCUT2D eigenvalue weighted by Crippen LogP contribution is -2.14. The van der Waals surface area contributed by atoms with Crippen LogP contribution in [0.2, 0.25) is 0 Å². The van der Waals surface area contributed by atoms with E-state index in [1.165, 1.54) is 12.8 Å². The van der Waals surface area contributed by atoms with Gasteiger partial charge in [-0.1, -0.05) is 18.1 Å². The highest BCUT2D eigenvalue weighted by Gasteiger charge is 2.33. The molecule has 0 aromatic heterocycles. The first kappa shape index (κ1) is 17.2. The van der Waals surface area contributed by atoms with Gasteiger partial charge in [-0.25, -0.2) is 0 Å². The van der Waals surface area contributed by atoms with Crippen LogP contribution in [0.4, 0.5) is 0 Å². The fraction of sp³-hybridized carbons (Fsp3) is 0.824. The van der Waals surface area contributed by atoms with Crippen LogP contribution in [0.15, 0.2) is 11.1 Å². The van der Waals surface area contributed by atoms with Gasteiger partial charge < -0.3 is 10.0 Å². The Morgan fingerprint density at radius 3 is 2.40 bits per heavy atom. The molecule has 2 aliphatic carbocycles. The van der Waals surface area contributed by atoms with E-state index < -0.39 is 5.97 Å². The molecule has 0 radical (unpaired) electrons. The van der Waals surface area contributed by atoms with Gasteiger partial charge in [0.05, 0.1) is 0 Å². The van der Waals surface area contributed by atoms with Crippen molar-refractivity contribution in [2.45, 2.75) is 52.4 Å². The Morgan fingerprint density at radius 2 is 1.85 bits per heavy atom. The van der Waals surface area contributed by atoms with Gasteiger partial charge >= 0.3 is 5.97 Å². The molecule has 3 nitrogen and oxygen atoms in total. The molecule has 0 heterocycles. The van der Waals surface area contributed by atoms with E-state index in [0.717, 1.165) is 25.2 Å². The van der Waals surface area contributed by atoms with E-state index >= 15 is 0 Å². The lowest BCUT2D eigenvalue weighted by molar-refractivity contribution is -0.138.